The zero-order valence-electron chi connectivity index (χ0n) is 17.2. The van der Waals surface area contributed by atoms with Crippen molar-refractivity contribution >= 4 is 29.8 Å². The Balaban J connectivity index is 1.49. The summed E-state index contributed by atoms with van der Waals surface area (Å²) in [6.07, 6.45) is 1.43. The Kier molecular flexibility index (Phi) is 5.46. The third-order valence-electron chi connectivity index (χ3n) is 4.81. The lowest BCUT2D eigenvalue weighted by Gasteiger charge is -2.09. The summed E-state index contributed by atoms with van der Waals surface area (Å²) in [7, 11) is 1.22. The standard InChI is InChI=1S/C23H18N2O7/c1-13(26)14-3-5-15(6-4-14)19-9-7-16(31-19)11-18-21(27)25(23(29)24-18)12-17-8-10-20(32-17)22(28)30-2/h3-11H,12H2,1-2H3,(H,24,29)/b18-11-. The van der Waals surface area contributed by atoms with Gasteiger partial charge in [0, 0.05) is 17.2 Å². The fourth-order valence-electron chi connectivity index (χ4n) is 3.14. The van der Waals surface area contributed by atoms with Crippen LogP contribution in [0.4, 0.5) is 4.79 Å². The molecule has 2 aromatic heterocycles. The van der Waals surface area contributed by atoms with E-state index in [1.807, 2.05) is 0 Å². The van der Waals surface area contributed by atoms with Gasteiger partial charge in [0.1, 0.15) is 23.0 Å². The molecule has 1 fully saturated rings. The van der Waals surface area contributed by atoms with Gasteiger partial charge in [-0.3, -0.25) is 14.5 Å². The first kappa shape index (κ1) is 20.9. The first-order valence-corrected chi connectivity index (χ1v) is 9.58. The van der Waals surface area contributed by atoms with E-state index in [1.165, 1.54) is 32.2 Å². The minimum atomic E-state index is -0.654. The Labute approximate surface area is 182 Å². The van der Waals surface area contributed by atoms with Gasteiger partial charge in [0.25, 0.3) is 5.91 Å². The van der Waals surface area contributed by atoms with Crippen molar-refractivity contribution in [2.75, 3.05) is 7.11 Å². The zero-order valence-corrected chi connectivity index (χ0v) is 17.2. The number of carbonyl (C=O) groups is 4. The van der Waals surface area contributed by atoms with Crippen LogP contribution in [-0.2, 0) is 16.1 Å². The molecule has 32 heavy (non-hydrogen) atoms. The summed E-state index contributed by atoms with van der Waals surface area (Å²) in [6, 6.07) is 12.6. The SMILES string of the molecule is COC(=O)c1ccc(CN2C(=O)N/C(=C\c3ccc(-c4ccc(C(C)=O)cc4)o3)C2=O)o1. The molecule has 4 rings (SSSR count). The van der Waals surface area contributed by atoms with Gasteiger partial charge in [-0.05, 0) is 31.2 Å². The summed E-state index contributed by atoms with van der Waals surface area (Å²) < 4.78 is 15.6. The lowest BCUT2D eigenvalue weighted by Crippen LogP contribution is -2.30. The molecule has 0 unspecified atom stereocenters. The van der Waals surface area contributed by atoms with Crippen molar-refractivity contribution in [1.82, 2.24) is 10.2 Å². The first-order chi connectivity index (χ1) is 15.4. The number of hydrogen-bond acceptors (Lipinski definition) is 7. The summed E-state index contributed by atoms with van der Waals surface area (Å²) in [6.45, 7) is 1.34. The van der Waals surface area contributed by atoms with Gasteiger partial charge in [0.05, 0.1) is 13.7 Å². The van der Waals surface area contributed by atoms with Gasteiger partial charge in [-0.1, -0.05) is 24.3 Å². The molecule has 1 aliphatic heterocycles. The van der Waals surface area contributed by atoms with Gasteiger partial charge in [0.2, 0.25) is 5.76 Å². The molecule has 3 heterocycles. The van der Waals surface area contributed by atoms with Crippen LogP contribution in [0.2, 0.25) is 0 Å². The van der Waals surface area contributed by atoms with E-state index in [0.29, 0.717) is 17.1 Å². The number of furan rings is 2. The lowest BCUT2D eigenvalue weighted by atomic mass is 10.1. The third kappa shape index (κ3) is 4.08. The maximum atomic E-state index is 12.7. The normalized spacial score (nSPS) is 14.7. The number of esters is 1. The number of rotatable bonds is 6. The zero-order chi connectivity index (χ0) is 22.8. The molecule has 162 valence electrons. The molecule has 1 N–H and O–H groups in total. The molecule has 9 heteroatoms. The molecule has 3 aromatic rings. The summed E-state index contributed by atoms with van der Waals surface area (Å²) in [5.41, 5.74) is 1.40. The number of ether oxygens (including phenoxy) is 1. The summed E-state index contributed by atoms with van der Waals surface area (Å²) in [4.78, 5) is 48.8. The van der Waals surface area contributed by atoms with E-state index in [4.69, 9.17) is 8.83 Å². The van der Waals surface area contributed by atoms with Crippen LogP contribution >= 0.6 is 0 Å². The highest BCUT2D eigenvalue weighted by molar-refractivity contribution is 6.13. The van der Waals surface area contributed by atoms with Crippen LogP contribution in [0.15, 0.2) is 63.1 Å². The molecule has 0 bridgehead atoms. The number of urea groups is 1. The molecular weight excluding hydrogens is 416 g/mol. The second kappa shape index (κ2) is 8.38. The minimum Gasteiger partial charge on any atom is -0.463 e. The van der Waals surface area contributed by atoms with Gasteiger partial charge in [-0.2, -0.15) is 0 Å². The summed E-state index contributed by atoms with van der Waals surface area (Å²) in [5, 5.41) is 2.50. The number of amides is 3. The fraction of sp³-hybridized carbons (Fsp3) is 0.130. The first-order valence-electron chi connectivity index (χ1n) is 9.58. The van der Waals surface area contributed by atoms with Crippen molar-refractivity contribution in [3.05, 3.63) is 77.1 Å². The van der Waals surface area contributed by atoms with E-state index in [9.17, 15) is 19.2 Å². The number of benzene rings is 1. The number of nitrogens with zero attached hydrogens (tertiary/aromatic N) is 1. The lowest BCUT2D eigenvalue weighted by molar-refractivity contribution is -0.123. The number of carbonyl (C=O) groups excluding carboxylic acids is 4. The molecule has 0 spiro atoms. The highest BCUT2D eigenvalue weighted by Gasteiger charge is 2.34. The van der Waals surface area contributed by atoms with E-state index in [0.717, 1.165) is 10.5 Å². The van der Waals surface area contributed by atoms with E-state index < -0.39 is 17.9 Å². The Hall–Kier alpha value is -4.40. The van der Waals surface area contributed by atoms with Crippen LogP contribution in [0.3, 0.4) is 0 Å². The van der Waals surface area contributed by atoms with Crippen molar-refractivity contribution in [1.29, 1.82) is 0 Å². The Bertz CT molecular complexity index is 1250. The van der Waals surface area contributed by atoms with E-state index in [2.05, 4.69) is 10.1 Å². The van der Waals surface area contributed by atoms with Gasteiger partial charge < -0.3 is 18.9 Å². The fourth-order valence-corrected chi connectivity index (χ4v) is 3.14. The molecule has 3 amide bonds. The number of methoxy groups -OCH3 is 1. The quantitative estimate of drug-likeness (QED) is 0.272. The Morgan fingerprint density at radius 3 is 2.47 bits per heavy atom. The smallest absolute Gasteiger partial charge is 0.373 e. The van der Waals surface area contributed by atoms with E-state index in [-0.39, 0.29) is 29.5 Å². The molecule has 0 saturated carbocycles. The van der Waals surface area contributed by atoms with E-state index in [1.54, 1.807) is 36.4 Å². The largest absolute Gasteiger partial charge is 0.463 e. The second-order valence-corrected chi connectivity index (χ2v) is 6.97. The van der Waals surface area contributed by atoms with Crippen molar-refractivity contribution in [2.45, 2.75) is 13.5 Å². The number of nitrogens with one attached hydrogen (secondary N) is 1. The molecule has 1 aromatic carbocycles. The third-order valence-corrected chi connectivity index (χ3v) is 4.81. The summed E-state index contributed by atoms with van der Waals surface area (Å²) in [5.74, 6) is -0.0984. The highest BCUT2D eigenvalue weighted by Crippen LogP contribution is 2.25. The van der Waals surface area contributed by atoms with Crippen LogP contribution in [0.5, 0.6) is 0 Å². The molecule has 0 aliphatic carbocycles. The maximum absolute atomic E-state index is 12.7. The van der Waals surface area contributed by atoms with Crippen LogP contribution in [0.25, 0.3) is 17.4 Å². The number of hydrogen-bond donors (Lipinski definition) is 1. The highest BCUT2D eigenvalue weighted by atomic mass is 16.5. The second-order valence-electron chi connectivity index (χ2n) is 6.97. The van der Waals surface area contributed by atoms with Gasteiger partial charge >= 0.3 is 12.0 Å². The topological polar surface area (TPSA) is 119 Å². The Morgan fingerprint density at radius 2 is 1.78 bits per heavy atom. The average molecular weight is 434 g/mol. The molecule has 1 saturated heterocycles. The van der Waals surface area contributed by atoms with Gasteiger partial charge in [-0.15, -0.1) is 0 Å². The van der Waals surface area contributed by atoms with Crippen LogP contribution in [0.1, 0.15) is 39.4 Å². The van der Waals surface area contributed by atoms with Crippen molar-refractivity contribution < 1.29 is 32.7 Å². The minimum absolute atomic E-state index is 0.0234. The molecule has 9 nitrogen and oxygen atoms in total. The number of Topliss-reactive ketones (excluding diaryl/α,β-unsaturated/α-hetero) is 1. The molecule has 1 aliphatic rings. The predicted octanol–water partition coefficient (Wildman–Crippen LogP) is 3.62. The van der Waals surface area contributed by atoms with Crippen molar-refractivity contribution in [3.63, 3.8) is 0 Å². The molecule has 0 radical (unpaired) electrons. The van der Waals surface area contributed by atoms with Crippen LogP contribution < -0.4 is 5.32 Å². The molecular formula is C23H18N2O7. The number of ketones is 1. The maximum Gasteiger partial charge on any atom is 0.373 e. The Morgan fingerprint density at radius 1 is 1.03 bits per heavy atom. The van der Waals surface area contributed by atoms with Crippen molar-refractivity contribution in [2.24, 2.45) is 0 Å². The van der Waals surface area contributed by atoms with Crippen LogP contribution in [-0.4, -0.2) is 35.7 Å². The monoisotopic (exact) mass is 434 g/mol. The number of imide groups is 1. The molecule has 0 atom stereocenters. The van der Waals surface area contributed by atoms with Gasteiger partial charge in [-0.25, -0.2) is 9.59 Å². The average Bonchev–Trinajstić information content (AvgIpc) is 3.50. The van der Waals surface area contributed by atoms with Gasteiger partial charge in [0.15, 0.2) is 5.78 Å². The van der Waals surface area contributed by atoms with Crippen molar-refractivity contribution in [3.8, 4) is 11.3 Å². The summed E-state index contributed by atoms with van der Waals surface area (Å²) >= 11 is 0. The predicted molar refractivity (Wildman–Crippen MR) is 111 cm³/mol. The van der Waals surface area contributed by atoms with Crippen LogP contribution in [0, 0.1) is 0 Å². The van der Waals surface area contributed by atoms with E-state index >= 15 is 0 Å².